The molecule has 1 aliphatic rings. The molecule has 3 aromatic rings. The monoisotopic (exact) mass is 392 g/mol. The van der Waals surface area contributed by atoms with Gasteiger partial charge >= 0.3 is 0 Å². The summed E-state index contributed by atoms with van der Waals surface area (Å²) in [6.45, 7) is 1.84. The third kappa shape index (κ3) is 3.08. The van der Waals surface area contributed by atoms with Gasteiger partial charge in [0.25, 0.3) is 0 Å². The van der Waals surface area contributed by atoms with E-state index in [1.165, 1.54) is 0 Å². The molecule has 1 amide bonds. The summed E-state index contributed by atoms with van der Waals surface area (Å²) in [6, 6.07) is 3.44. The Hall–Kier alpha value is -2.05. The number of carbonyl (C=O) groups is 1. The fourth-order valence-corrected chi connectivity index (χ4v) is 3.84. The Balaban J connectivity index is 1.54. The predicted octanol–water partition coefficient (Wildman–Crippen LogP) is 4.63. The molecular weight excluding hydrogens is 375 g/mol. The number of imidazole rings is 1. The van der Waals surface area contributed by atoms with E-state index < -0.39 is 0 Å². The number of oxazole rings is 1. The van der Waals surface area contributed by atoms with Crippen molar-refractivity contribution in [2.24, 2.45) is 7.05 Å². The molecule has 0 aliphatic heterocycles. The molecule has 0 fully saturated rings. The second kappa shape index (κ2) is 6.59. The van der Waals surface area contributed by atoms with E-state index in [1.54, 1.807) is 16.7 Å². The molecule has 0 saturated heterocycles. The number of aromatic nitrogens is 3. The molecule has 0 saturated carbocycles. The van der Waals surface area contributed by atoms with Crippen LogP contribution in [0.1, 0.15) is 42.5 Å². The number of nitrogens with zero attached hydrogens (tertiary/aromatic N) is 3. The Morgan fingerprint density at radius 2 is 2.12 bits per heavy atom. The van der Waals surface area contributed by atoms with Crippen molar-refractivity contribution in [3.63, 3.8) is 0 Å². The lowest BCUT2D eigenvalue weighted by atomic mass is 9.88. The minimum absolute atomic E-state index is 0.0785. The molecule has 2 heterocycles. The molecule has 1 aromatic carbocycles. The first-order valence-electron chi connectivity index (χ1n) is 8.50. The maximum Gasteiger partial charge on any atom is 0.227 e. The van der Waals surface area contributed by atoms with Gasteiger partial charge in [0.15, 0.2) is 5.89 Å². The number of rotatable bonds is 3. The van der Waals surface area contributed by atoms with Gasteiger partial charge in [0.05, 0.1) is 26.8 Å². The van der Waals surface area contributed by atoms with Gasteiger partial charge in [0, 0.05) is 32.7 Å². The maximum absolute atomic E-state index is 12.6. The molecule has 0 radical (unpaired) electrons. The van der Waals surface area contributed by atoms with E-state index >= 15 is 0 Å². The number of benzene rings is 1. The van der Waals surface area contributed by atoms with E-state index in [4.69, 9.17) is 27.6 Å². The number of hydrogen-bond donors (Lipinski definition) is 1. The number of nitrogens with one attached hydrogen (secondary N) is 1. The molecule has 2 aromatic heterocycles. The summed E-state index contributed by atoms with van der Waals surface area (Å²) in [4.78, 5) is 21.5. The second-order valence-corrected chi connectivity index (χ2v) is 7.45. The number of halogens is 2. The number of fused-ring (bicyclic) bond motifs is 2. The zero-order chi connectivity index (χ0) is 18.4. The number of carbonyl (C=O) groups excluding carboxylic acids is 1. The first-order valence-corrected chi connectivity index (χ1v) is 9.25. The molecule has 0 spiro atoms. The van der Waals surface area contributed by atoms with Crippen molar-refractivity contribution >= 4 is 46.1 Å². The van der Waals surface area contributed by atoms with Gasteiger partial charge in [-0.3, -0.25) is 10.1 Å². The molecular formula is C18H18Cl2N4O2. The molecule has 1 N–H and O–H groups in total. The minimum Gasteiger partial charge on any atom is -0.446 e. The van der Waals surface area contributed by atoms with Crippen LogP contribution in [-0.2, 0) is 18.3 Å². The van der Waals surface area contributed by atoms with Crippen LogP contribution < -0.4 is 5.32 Å². The third-order valence-electron chi connectivity index (χ3n) is 4.78. The van der Waals surface area contributed by atoms with Crippen LogP contribution in [-0.4, -0.2) is 20.4 Å². The minimum atomic E-state index is -0.0981. The summed E-state index contributed by atoms with van der Waals surface area (Å²) < 4.78 is 7.43. The Bertz CT molecular complexity index is 1010. The van der Waals surface area contributed by atoms with Crippen molar-refractivity contribution in [2.75, 3.05) is 5.32 Å². The number of aryl methyl sites for hydroxylation is 3. The highest BCUT2D eigenvalue weighted by Gasteiger charge is 2.27. The van der Waals surface area contributed by atoms with Crippen LogP contribution in [0.4, 0.5) is 5.95 Å². The fourth-order valence-electron chi connectivity index (χ4n) is 3.53. The molecule has 136 valence electrons. The van der Waals surface area contributed by atoms with Gasteiger partial charge in [-0.1, -0.05) is 23.2 Å². The highest BCUT2D eigenvalue weighted by molar-refractivity contribution is 6.42. The van der Waals surface area contributed by atoms with Gasteiger partial charge in [-0.15, -0.1) is 0 Å². The third-order valence-corrected chi connectivity index (χ3v) is 5.51. The molecule has 0 bridgehead atoms. The van der Waals surface area contributed by atoms with Crippen molar-refractivity contribution in [3.8, 4) is 0 Å². The van der Waals surface area contributed by atoms with E-state index in [-0.39, 0.29) is 11.8 Å². The zero-order valence-electron chi connectivity index (χ0n) is 14.5. The van der Waals surface area contributed by atoms with Crippen LogP contribution in [0, 0.1) is 6.92 Å². The van der Waals surface area contributed by atoms with Crippen LogP contribution in [0.15, 0.2) is 16.5 Å². The van der Waals surface area contributed by atoms with Crippen LogP contribution in [0.2, 0.25) is 10.0 Å². The normalized spacial score (nSPS) is 16.7. The standard InChI is InChI=1S/C18H18Cl2N4O2/c1-9-21-17-10(4-3-5-15(17)26-9)6-16(25)23-18-22-13-7-11(19)12(20)8-14(13)24(18)2/h7-8,10H,3-6H2,1-2H3,(H,22,23,25). The van der Waals surface area contributed by atoms with Crippen LogP contribution in [0.25, 0.3) is 11.0 Å². The largest absolute Gasteiger partial charge is 0.446 e. The van der Waals surface area contributed by atoms with E-state index in [0.29, 0.717) is 33.8 Å². The smallest absolute Gasteiger partial charge is 0.227 e. The molecule has 26 heavy (non-hydrogen) atoms. The summed E-state index contributed by atoms with van der Waals surface area (Å²) >= 11 is 12.1. The molecule has 1 unspecified atom stereocenters. The topological polar surface area (TPSA) is 73.0 Å². The summed E-state index contributed by atoms with van der Waals surface area (Å²) in [5, 5.41) is 3.78. The highest BCUT2D eigenvalue weighted by atomic mass is 35.5. The highest BCUT2D eigenvalue weighted by Crippen LogP contribution is 2.34. The summed E-state index contributed by atoms with van der Waals surface area (Å²) in [6.07, 6.45) is 3.17. The van der Waals surface area contributed by atoms with Crippen LogP contribution in [0.5, 0.6) is 0 Å². The number of anilines is 1. The Labute approximate surface area is 160 Å². The van der Waals surface area contributed by atoms with Gasteiger partial charge in [0.2, 0.25) is 11.9 Å². The second-order valence-electron chi connectivity index (χ2n) is 6.63. The van der Waals surface area contributed by atoms with E-state index in [2.05, 4.69) is 15.3 Å². The first kappa shape index (κ1) is 17.4. The zero-order valence-corrected chi connectivity index (χ0v) is 16.0. The SMILES string of the molecule is Cc1nc2c(o1)CCCC2CC(=O)Nc1nc2cc(Cl)c(Cl)cc2n1C. The Kier molecular flexibility index (Phi) is 4.40. The van der Waals surface area contributed by atoms with Gasteiger partial charge in [-0.05, 0) is 25.0 Å². The van der Waals surface area contributed by atoms with Crippen molar-refractivity contribution in [2.45, 2.75) is 38.5 Å². The van der Waals surface area contributed by atoms with Crippen molar-refractivity contribution < 1.29 is 9.21 Å². The van der Waals surface area contributed by atoms with Crippen molar-refractivity contribution in [1.29, 1.82) is 0 Å². The lowest BCUT2D eigenvalue weighted by Crippen LogP contribution is -2.20. The van der Waals surface area contributed by atoms with Crippen molar-refractivity contribution in [3.05, 3.63) is 39.5 Å². The first-order chi connectivity index (χ1) is 12.4. The summed E-state index contributed by atoms with van der Waals surface area (Å²) in [5.74, 6) is 2.02. The Morgan fingerprint density at radius 3 is 2.92 bits per heavy atom. The van der Waals surface area contributed by atoms with Gasteiger partial charge in [-0.2, -0.15) is 0 Å². The van der Waals surface area contributed by atoms with E-state index in [1.807, 2.05) is 14.0 Å². The molecule has 1 atom stereocenters. The van der Waals surface area contributed by atoms with Gasteiger partial charge < -0.3 is 8.98 Å². The summed E-state index contributed by atoms with van der Waals surface area (Å²) in [5.41, 5.74) is 2.42. The lowest BCUT2D eigenvalue weighted by Gasteiger charge is -2.19. The van der Waals surface area contributed by atoms with Crippen LogP contribution >= 0.6 is 23.2 Å². The summed E-state index contributed by atoms with van der Waals surface area (Å²) in [7, 11) is 1.83. The van der Waals surface area contributed by atoms with E-state index in [9.17, 15) is 4.79 Å². The lowest BCUT2D eigenvalue weighted by molar-refractivity contribution is -0.116. The quantitative estimate of drug-likeness (QED) is 0.705. The average molecular weight is 393 g/mol. The number of hydrogen-bond acceptors (Lipinski definition) is 4. The fraction of sp³-hybridized carbons (Fsp3) is 0.389. The predicted molar refractivity (Wildman–Crippen MR) is 101 cm³/mol. The molecule has 6 nitrogen and oxygen atoms in total. The van der Waals surface area contributed by atoms with Gasteiger partial charge in [0.1, 0.15) is 5.76 Å². The maximum atomic E-state index is 12.6. The van der Waals surface area contributed by atoms with E-state index in [0.717, 1.165) is 36.2 Å². The average Bonchev–Trinajstić information content (AvgIpc) is 3.10. The van der Waals surface area contributed by atoms with Crippen LogP contribution in [0.3, 0.4) is 0 Å². The molecule has 4 rings (SSSR count). The Morgan fingerprint density at radius 1 is 1.35 bits per heavy atom. The number of amides is 1. The molecule has 8 heteroatoms. The van der Waals surface area contributed by atoms with Crippen molar-refractivity contribution in [1.82, 2.24) is 14.5 Å². The van der Waals surface area contributed by atoms with Gasteiger partial charge in [-0.25, -0.2) is 9.97 Å². The molecule has 1 aliphatic carbocycles.